The predicted molar refractivity (Wildman–Crippen MR) is 131 cm³/mol. The van der Waals surface area contributed by atoms with Gasteiger partial charge in [0.05, 0.1) is 5.38 Å². The van der Waals surface area contributed by atoms with E-state index in [-0.39, 0.29) is 22.5 Å². The number of carbonyl (C=O) groups is 1. The summed E-state index contributed by atoms with van der Waals surface area (Å²) < 4.78 is 12.6. The third kappa shape index (κ3) is 5.68. The standard InChI is InChI=1S/C26H33ClO3Si/c1-26(2,3)31(21-13-7-4-8-14-21,22-15-9-5-10-16-22)29-20-19-24-23(27)17-11-6-12-18-25(28)30-24/h4-11,13-16,23-24H,12,17-20H2,1-3H3/b11-6-/t23-,24-/m0/s1. The predicted octanol–water partition coefficient (Wildman–Crippen LogP) is 5.21. The first-order valence-electron chi connectivity index (χ1n) is 11.1. The Morgan fingerprint density at radius 1 is 1.00 bits per heavy atom. The van der Waals surface area contributed by atoms with Crippen molar-refractivity contribution >= 4 is 36.3 Å². The van der Waals surface area contributed by atoms with Crippen molar-refractivity contribution in [3.05, 3.63) is 72.8 Å². The average molecular weight is 457 g/mol. The second kappa shape index (κ2) is 10.6. The topological polar surface area (TPSA) is 35.5 Å². The number of hydrogen-bond donors (Lipinski definition) is 0. The Morgan fingerprint density at radius 3 is 2.13 bits per heavy atom. The van der Waals surface area contributed by atoms with Gasteiger partial charge >= 0.3 is 5.97 Å². The summed E-state index contributed by atoms with van der Waals surface area (Å²) in [5.74, 6) is -0.187. The molecule has 1 aliphatic heterocycles. The molecule has 0 radical (unpaired) electrons. The highest BCUT2D eigenvalue weighted by atomic mass is 35.5. The van der Waals surface area contributed by atoms with Crippen LogP contribution in [0, 0.1) is 0 Å². The number of cyclic esters (lactones) is 1. The van der Waals surface area contributed by atoms with Gasteiger partial charge in [0, 0.05) is 19.4 Å². The van der Waals surface area contributed by atoms with Crippen LogP contribution in [0.1, 0.15) is 46.5 Å². The monoisotopic (exact) mass is 456 g/mol. The zero-order valence-electron chi connectivity index (χ0n) is 18.7. The summed E-state index contributed by atoms with van der Waals surface area (Å²) in [5, 5.41) is 2.14. The molecule has 1 heterocycles. The van der Waals surface area contributed by atoms with Gasteiger partial charge in [0.2, 0.25) is 0 Å². The van der Waals surface area contributed by atoms with Gasteiger partial charge in [-0.25, -0.2) is 0 Å². The maximum absolute atomic E-state index is 12.2. The molecule has 166 valence electrons. The second-order valence-electron chi connectivity index (χ2n) is 9.09. The lowest BCUT2D eigenvalue weighted by Gasteiger charge is -2.43. The van der Waals surface area contributed by atoms with E-state index in [1.54, 1.807) is 0 Å². The number of allylic oxidation sites excluding steroid dienone is 2. The molecule has 0 aliphatic carbocycles. The first-order chi connectivity index (χ1) is 14.8. The normalized spacial score (nSPS) is 21.5. The number of alkyl halides is 1. The number of carbonyl (C=O) groups excluding carboxylic acids is 1. The van der Waals surface area contributed by atoms with Gasteiger partial charge in [-0.2, -0.15) is 0 Å². The van der Waals surface area contributed by atoms with Crippen LogP contribution in [-0.2, 0) is 14.0 Å². The third-order valence-electron chi connectivity index (χ3n) is 5.87. The van der Waals surface area contributed by atoms with Crippen LogP contribution in [0.5, 0.6) is 0 Å². The van der Waals surface area contributed by atoms with Crippen molar-refractivity contribution in [2.75, 3.05) is 6.61 Å². The SMILES string of the molecule is CC(C)(C)[Si](OCC[C@@H]1OC(=O)CC/C=C\C[C@@H]1Cl)(c1ccccc1)c1ccccc1. The molecule has 2 atom stereocenters. The van der Waals surface area contributed by atoms with E-state index in [9.17, 15) is 4.79 Å². The zero-order chi connectivity index (χ0) is 22.3. The number of esters is 1. The molecule has 3 nitrogen and oxygen atoms in total. The Kier molecular flexibility index (Phi) is 8.15. The van der Waals surface area contributed by atoms with E-state index in [0.717, 1.165) is 0 Å². The van der Waals surface area contributed by atoms with Gasteiger partial charge in [-0.1, -0.05) is 93.6 Å². The number of ether oxygens (including phenoxy) is 1. The van der Waals surface area contributed by atoms with Gasteiger partial charge in [-0.15, -0.1) is 11.6 Å². The quantitative estimate of drug-likeness (QED) is 0.259. The van der Waals surface area contributed by atoms with Crippen molar-refractivity contribution in [2.45, 2.75) is 63.0 Å². The van der Waals surface area contributed by atoms with E-state index in [2.05, 4.69) is 75.4 Å². The molecule has 0 unspecified atom stereocenters. The molecule has 0 aromatic heterocycles. The minimum absolute atomic E-state index is 0.0894. The molecule has 2 aromatic rings. The number of hydrogen-bond acceptors (Lipinski definition) is 3. The van der Waals surface area contributed by atoms with Crippen molar-refractivity contribution in [1.82, 2.24) is 0 Å². The second-order valence-corrected chi connectivity index (χ2v) is 14.0. The highest BCUT2D eigenvalue weighted by Crippen LogP contribution is 2.37. The van der Waals surface area contributed by atoms with Crippen LogP contribution >= 0.6 is 11.6 Å². The fourth-order valence-corrected chi connectivity index (χ4v) is 9.19. The lowest BCUT2D eigenvalue weighted by molar-refractivity contribution is -0.149. The van der Waals surface area contributed by atoms with Crippen LogP contribution in [0.2, 0.25) is 5.04 Å². The van der Waals surface area contributed by atoms with Crippen LogP contribution in [0.3, 0.4) is 0 Å². The lowest BCUT2D eigenvalue weighted by Crippen LogP contribution is -2.66. The summed E-state index contributed by atoms with van der Waals surface area (Å²) in [6.45, 7) is 7.26. The average Bonchev–Trinajstić information content (AvgIpc) is 2.83. The molecule has 0 N–H and O–H groups in total. The third-order valence-corrected chi connectivity index (χ3v) is 11.4. The molecule has 1 aliphatic rings. The van der Waals surface area contributed by atoms with E-state index >= 15 is 0 Å². The van der Waals surface area contributed by atoms with Gasteiger partial charge in [-0.05, 0) is 28.3 Å². The van der Waals surface area contributed by atoms with E-state index in [4.69, 9.17) is 20.8 Å². The van der Waals surface area contributed by atoms with E-state index in [1.807, 2.05) is 18.2 Å². The molecule has 5 heteroatoms. The van der Waals surface area contributed by atoms with Gasteiger partial charge in [0.25, 0.3) is 8.32 Å². The highest BCUT2D eigenvalue weighted by Gasteiger charge is 2.50. The van der Waals surface area contributed by atoms with Crippen LogP contribution < -0.4 is 10.4 Å². The molecular formula is C26H33ClO3Si. The van der Waals surface area contributed by atoms with Crippen molar-refractivity contribution in [3.8, 4) is 0 Å². The number of benzene rings is 2. The molecule has 0 spiro atoms. The largest absolute Gasteiger partial charge is 0.461 e. The maximum Gasteiger partial charge on any atom is 0.306 e. The minimum atomic E-state index is -2.60. The summed E-state index contributed by atoms with van der Waals surface area (Å²) in [6.07, 6.45) is 6.08. The van der Waals surface area contributed by atoms with Crippen molar-refractivity contribution in [3.63, 3.8) is 0 Å². The number of rotatable bonds is 6. The lowest BCUT2D eigenvalue weighted by atomic mass is 10.1. The van der Waals surface area contributed by atoms with Gasteiger partial charge in [0.1, 0.15) is 6.10 Å². The minimum Gasteiger partial charge on any atom is -0.461 e. The number of halogens is 1. The Hall–Kier alpha value is -1.88. The summed E-state index contributed by atoms with van der Waals surface area (Å²) in [6, 6.07) is 21.1. The van der Waals surface area contributed by atoms with Gasteiger partial charge in [0.15, 0.2) is 0 Å². The van der Waals surface area contributed by atoms with E-state index in [0.29, 0.717) is 32.3 Å². The van der Waals surface area contributed by atoms with Gasteiger partial charge in [-0.3, -0.25) is 4.79 Å². The van der Waals surface area contributed by atoms with Crippen LogP contribution in [0.4, 0.5) is 0 Å². The van der Waals surface area contributed by atoms with Gasteiger partial charge < -0.3 is 9.16 Å². The summed E-state index contributed by atoms with van der Waals surface area (Å²) in [5.41, 5.74) is 0. The Morgan fingerprint density at radius 2 is 1.58 bits per heavy atom. The molecule has 0 fully saturated rings. The van der Waals surface area contributed by atoms with Crippen molar-refractivity contribution < 1.29 is 14.0 Å². The zero-order valence-corrected chi connectivity index (χ0v) is 20.5. The Balaban J connectivity index is 1.89. The molecule has 31 heavy (non-hydrogen) atoms. The Labute approximate surface area is 192 Å². The first-order valence-corrected chi connectivity index (χ1v) is 13.4. The smallest absolute Gasteiger partial charge is 0.306 e. The summed E-state index contributed by atoms with van der Waals surface area (Å²) in [7, 11) is -2.60. The highest BCUT2D eigenvalue weighted by molar-refractivity contribution is 6.99. The maximum atomic E-state index is 12.2. The van der Waals surface area contributed by atoms with Crippen molar-refractivity contribution in [2.24, 2.45) is 0 Å². The van der Waals surface area contributed by atoms with E-state index in [1.165, 1.54) is 10.4 Å². The van der Waals surface area contributed by atoms with Crippen LogP contribution in [0.15, 0.2) is 72.8 Å². The fraction of sp³-hybridized carbons (Fsp3) is 0.423. The molecule has 2 aromatic carbocycles. The summed E-state index contributed by atoms with van der Waals surface area (Å²) >= 11 is 6.60. The molecular weight excluding hydrogens is 424 g/mol. The fourth-order valence-electron chi connectivity index (χ4n) is 4.33. The Bertz CT molecular complexity index is 822. The van der Waals surface area contributed by atoms with Crippen LogP contribution in [0.25, 0.3) is 0 Å². The molecule has 0 saturated carbocycles. The van der Waals surface area contributed by atoms with E-state index < -0.39 is 8.32 Å². The van der Waals surface area contributed by atoms with Crippen LogP contribution in [-0.4, -0.2) is 32.4 Å². The molecule has 0 amide bonds. The van der Waals surface area contributed by atoms with Crippen molar-refractivity contribution in [1.29, 1.82) is 0 Å². The molecule has 0 bridgehead atoms. The summed E-state index contributed by atoms with van der Waals surface area (Å²) in [4.78, 5) is 12.2. The first kappa shape index (κ1) is 23.8. The molecule has 3 rings (SSSR count). The molecule has 0 saturated heterocycles.